The lowest BCUT2D eigenvalue weighted by molar-refractivity contribution is -0.120. The van der Waals surface area contributed by atoms with Gasteiger partial charge >= 0.3 is 0 Å². The van der Waals surface area contributed by atoms with Crippen LogP contribution < -0.4 is 5.43 Å². The third-order valence-corrected chi connectivity index (χ3v) is 1.65. The van der Waals surface area contributed by atoms with Crippen LogP contribution in [0.15, 0.2) is 29.4 Å². The Bertz CT molecular complexity index is 348. The maximum absolute atomic E-state index is 10.8. The Hall–Kier alpha value is -1.84. The first kappa shape index (κ1) is 10.2. The Labute approximate surface area is 82.3 Å². The van der Waals surface area contributed by atoms with Gasteiger partial charge < -0.3 is 5.11 Å². The van der Waals surface area contributed by atoms with Gasteiger partial charge in [-0.05, 0) is 12.1 Å². The molecule has 0 spiro atoms. The number of para-hydroxylation sites is 1. The number of carbonyl (C=O) groups excluding carboxylic acids is 1. The second-order valence-electron chi connectivity index (χ2n) is 2.71. The van der Waals surface area contributed by atoms with Crippen LogP contribution in [0, 0.1) is 0 Å². The summed E-state index contributed by atoms with van der Waals surface area (Å²) in [7, 11) is 0. The van der Waals surface area contributed by atoms with Crippen molar-refractivity contribution in [2.45, 2.75) is 13.3 Å². The summed E-state index contributed by atoms with van der Waals surface area (Å²) in [6.45, 7) is 1.74. The van der Waals surface area contributed by atoms with Crippen molar-refractivity contribution in [2.75, 3.05) is 0 Å². The first-order valence-corrected chi connectivity index (χ1v) is 4.34. The van der Waals surface area contributed by atoms with E-state index in [4.69, 9.17) is 0 Å². The average Bonchev–Trinajstić information content (AvgIpc) is 2.20. The van der Waals surface area contributed by atoms with Crippen molar-refractivity contribution in [3.05, 3.63) is 29.8 Å². The second-order valence-corrected chi connectivity index (χ2v) is 2.71. The monoisotopic (exact) mass is 192 g/mol. The molecule has 0 radical (unpaired) electrons. The van der Waals surface area contributed by atoms with Gasteiger partial charge in [0.1, 0.15) is 5.75 Å². The highest BCUT2D eigenvalue weighted by Gasteiger charge is 1.95. The van der Waals surface area contributed by atoms with Gasteiger partial charge in [0.05, 0.1) is 6.21 Å². The number of nitrogens with zero attached hydrogens (tertiary/aromatic N) is 1. The molecule has 1 rings (SSSR count). The zero-order chi connectivity index (χ0) is 10.4. The Kier molecular flexibility index (Phi) is 3.67. The van der Waals surface area contributed by atoms with Crippen LogP contribution in [0.2, 0.25) is 0 Å². The summed E-state index contributed by atoms with van der Waals surface area (Å²) < 4.78 is 0. The van der Waals surface area contributed by atoms with Crippen molar-refractivity contribution in [1.82, 2.24) is 5.43 Å². The topological polar surface area (TPSA) is 61.7 Å². The van der Waals surface area contributed by atoms with Crippen LogP contribution in [-0.2, 0) is 4.79 Å². The molecule has 0 saturated heterocycles. The van der Waals surface area contributed by atoms with Gasteiger partial charge in [0.2, 0.25) is 5.91 Å². The molecule has 0 aliphatic heterocycles. The molecule has 1 aromatic rings. The van der Waals surface area contributed by atoms with Gasteiger partial charge in [0.25, 0.3) is 0 Å². The minimum atomic E-state index is -0.156. The minimum Gasteiger partial charge on any atom is -0.507 e. The van der Waals surface area contributed by atoms with Crippen LogP contribution in [-0.4, -0.2) is 17.2 Å². The van der Waals surface area contributed by atoms with E-state index in [-0.39, 0.29) is 11.7 Å². The highest BCUT2D eigenvalue weighted by Crippen LogP contribution is 2.12. The van der Waals surface area contributed by atoms with E-state index in [1.165, 1.54) is 6.21 Å². The van der Waals surface area contributed by atoms with Crippen molar-refractivity contribution >= 4 is 12.1 Å². The molecule has 0 unspecified atom stereocenters. The maximum atomic E-state index is 10.8. The van der Waals surface area contributed by atoms with Gasteiger partial charge in [-0.3, -0.25) is 4.79 Å². The summed E-state index contributed by atoms with van der Waals surface area (Å²) in [6, 6.07) is 6.76. The van der Waals surface area contributed by atoms with E-state index in [2.05, 4.69) is 10.5 Å². The number of hydrogen-bond acceptors (Lipinski definition) is 3. The minimum absolute atomic E-state index is 0.141. The van der Waals surface area contributed by atoms with E-state index in [1.54, 1.807) is 31.2 Å². The highest BCUT2D eigenvalue weighted by molar-refractivity contribution is 5.84. The molecule has 4 heteroatoms. The summed E-state index contributed by atoms with van der Waals surface area (Å²) in [5, 5.41) is 13.0. The van der Waals surface area contributed by atoms with Crippen LogP contribution in [0.4, 0.5) is 0 Å². The summed E-state index contributed by atoms with van der Waals surface area (Å²) in [4.78, 5) is 10.8. The van der Waals surface area contributed by atoms with Crippen molar-refractivity contribution in [2.24, 2.45) is 5.10 Å². The van der Waals surface area contributed by atoms with Gasteiger partial charge in [-0.2, -0.15) is 5.10 Å². The molecule has 0 aliphatic rings. The number of benzene rings is 1. The molecule has 0 bridgehead atoms. The van der Waals surface area contributed by atoms with Gasteiger partial charge in [-0.25, -0.2) is 5.43 Å². The molecule has 0 saturated carbocycles. The van der Waals surface area contributed by atoms with Gasteiger partial charge in [0, 0.05) is 12.0 Å². The van der Waals surface area contributed by atoms with Gasteiger partial charge in [0.15, 0.2) is 0 Å². The Balaban J connectivity index is 2.60. The van der Waals surface area contributed by atoms with Crippen LogP contribution >= 0.6 is 0 Å². The lowest BCUT2D eigenvalue weighted by atomic mass is 10.2. The SMILES string of the molecule is CCC(=O)NN=Cc1ccccc1O. The molecule has 74 valence electrons. The van der Waals surface area contributed by atoms with Crippen LogP contribution in [0.5, 0.6) is 5.75 Å². The fourth-order valence-corrected chi connectivity index (χ4v) is 0.850. The Morgan fingerprint density at radius 1 is 1.57 bits per heavy atom. The third kappa shape index (κ3) is 2.90. The Morgan fingerprint density at radius 2 is 2.29 bits per heavy atom. The summed E-state index contributed by atoms with van der Waals surface area (Å²) in [5.74, 6) is -0.0151. The maximum Gasteiger partial charge on any atom is 0.239 e. The van der Waals surface area contributed by atoms with E-state index >= 15 is 0 Å². The molecule has 1 aromatic carbocycles. The lowest BCUT2D eigenvalue weighted by Crippen LogP contribution is -2.15. The number of hydrazone groups is 1. The van der Waals surface area contributed by atoms with E-state index in [0.717, 1.165) is 0 Å². The van der Waals surface area contributed by atoms with Crippen molar-refractivity contribution < 1.29 is 9.90 Å². The number of aromatic hydroxyl groups is 1. The Morgan fingerprint density at radius 3 is 2.93 bits per heavy atom. The average molecular weight is 192 g/mol. The fraction of sp³-hybridized carbons (Fsp3) is 0.200. The summed E-state index contributed by atoms with van der Waals surface area (Å²) in [6.07, 6.45) is 1.79. The first-order valence-electron chi connectivity index (χ1n) is 4.34. The molecule has 0 aliphatic carbocycles. The zero-order valence-corrected chi connectivity index (χ0v) is 7.90. The molecular formula is C10H12N2O2. The number of phenolic OH excluding ortho intramolecular Hbond substituents is 1. The van der Waals surface area contributed by atoms with E-state index in [1.807, 2.05) is 0 Å². The van der Waals surface area contributed by atoms with Gasteiger partial charge in [-0.1, -0.05) is 19.1 Å². The van der Waals surface area contributed by atoms with Crippen molar-refractivity contribution in [3.8, 4) is 5.75 Å². The number of nitrogens with one attached hydrogen (secondary N) is 1. The van der Waals surface area contributed by atoms with Crippen molar-refractivity contribution in [3.63, 3.8) is 0 Å². The van der Waals surface area contributed by atoms with Crippen LogP contribution in [0.1, 0.15) is 18.9 Å². The predicted molar refractivity (Wildman–Crippen MR) is 54.1 cm³/mol. The van der Waals surface area contributed by atoms with E-state index in [9.17, 15) is 9.90 Å². The largest absolute Gasteiger partial charge is 0.507 e. The third-order valence-electron chi connectivity index (χ3n) is 1.65. The molecule has 0 fully saturated rings. The number of phenols is 1. The van der Waals surface area contributed by atoms with Crippen LogP contribution in [0.3, 0.4) is 0 Å². The standard InChI is InChI=1S/C10H12N2O2/c1-2-10(14)12-11-7-8-5-3-4-6-9(8)13/h3-7,13H,2H2,1H3,(H,12,14). The molecule has 2 N–H and O–H groups in total. The number of carbonyl (C=O) groups is 1. The zero-order valence-electron chi connectivity index (χ0n) is 7.90. The molecule has 1 amide bonds. The quantitative estimate of drug-likeness (QED) is 0.559. The number of hydrogen-bond donors (Lipinski definition) is 2. The summed E-state index contributed by atoms with van der Waals surface area (Å²) in [5.41, 5.74) is 2.90. The van der Waals surface area contributed by atoms with Crippen LogP contribution in [0.25, 0.3) is 0 Å². The number of amides is 1. The highest BCUT2D eigenvalue weighted by atomic mass is 16.3. The molecule has 4 nitrogen and oxygen atoms in total. The van der Waals surface area contributed by atoms with E-state index < -0.39 is 0 Å². The summed E-state index contributed by atoms with van der Waals surface area (Å²) >= 11 is 0. The first-order chi connectivity index (χ1) is 6.74. The molecular weight excluding hydrogens is 180 g/mol. The molecule has 14 heavy (non-hydrogen) atoms. The number of rotatable bonds is 3. The van der Waals surface area contributed by atoms with Gasteiger partial charge in [-0.15, -0.1) is 0 Å². The normalized spacial score (nSPS) is 10.4. The predicted octanol–water partition coefficient (Wildman–Crippen LogP) is 1.25. The molecule has 0 aromatic heterocycles. The van der Waals surface area contributed by atoms with Crippen molar-refractivity contribution in [1.29, 1.82) is 0 Å². The fourth-order valence-electron chi connectivity index (χ4n) is 0.850. The van der Waals surface area contributed by atoms with E-state index in [0.29, 0.717) is 12.0 Å². The molecule has 0 heterocycles. The second kappa shape index (κ2) is 5.01. The smallest absolute Gasteiger partial charge is 0.239 e. The molecule has 0 atom stereocenters. The lowest BCUT2D eigenvalue weighted by Gasteiger charge is -1.97.